The number of carbonyl (C=O) groups excluding carboxylic acids is 4. The fraction of sp³-hybridized carbons (Fsp3) is 0.312. The number of hydrogen-bond donors (Lipinski definition) is 1. The largest absolute Gasteiger partial charge is 0.454 e. The van der Waals surface area contributed by atoms with Crippen LogP contribution in [0.2, 0.25) is 0 Å². The van der Waals surface area contributed by atoms with Crippen LogP contribution < -0.4 is 5.32 Å². The molecule has 1 saturated heterocycles. The maximum Gasteiger partial charge on any atom is 0.329 e. The molecule has 3 aromatic rings. The number of esters is 1. The first-order chi connectivity index (χ1) is 19.3. The zero-order chi connectivity index (χ0) is 28.1. The summed E-state index contributed by atoms with van der Waals surface area (Å²) in [5.74, 6) is -4.38. The number of nitrogens with one attached hydrogen (secondary N) is 1. The molecule has 1 N–H and O–H groups in total. The van der Waals surface area contributed by atoms with E-state index in [0.29, 0.717) is 5.69 Å². The smallest absolute Gasteiger partial charge is 0.329 e. The minimum Gasteiger partial charge on any atom is -0.454 e. The summed E-state index contributed by atoms with van der Waals surface area (Å²) >= 11 is 0. The molecular formula is C32H29FN2O5. The quantitative estimate of drug-likeness (QED) is 0.349. The highest BCUT2D eigenvalue weighted by Gasteiger charge is 2.63. The van der Waals surface area contributed by atoms with Crippen molar-refractivity contribution in [1.29, 1.82) is 0 Å². The van der Waals surface area contributed by atoms with Crippen LogP contribution in [0, 0.1) is 23.6 Å². The maximum atomic E-state index is 14.1. The van der Waals surface area contributed by atoms with Crippen molar-refractivity contribution in [2.75, 3.05) is 11.9 Å². The molecule has 1 fully saturated rings. The van der Waals surface area contributed by atoms with Crippen LogP contribution >= 0.6 is 0 Å². The first-order valence-electron chi connectivity index (χ1n) is 13.5. The van der Waals surface area contributed by atoms with Gasteiger partial charge < -0.3 is 10.1 Å². The highest BCUT2D eigenvalue weighted by molar-refractivity contribution is 6.10. The van der Waals surface area contributed by atoms with E-state index in [9.17, 15) is 23.6 Å². The summed E-state index contributed by atoms with van der Waals surface area (Å²) in [4.78, 5) is 55.1. The van der Waals surface area contributed by atoms with Gasteiger partial charge in [-0.3, -0.25) is 19.3 Å². The standard InChI is InChI=1S/C32H29FN2O5/c1-17(2)15-24(32(39)40-16-25(36)34-19-13-11-18(33)12-14-19)35-30(37)28-26-20-7-3-4-8-21(20)27(29(28)31(35)38)23-10-6-5-9-22(23)26/h3-14,17,24,26-29H,15-16H2,1-2H3,(H,34,36)/t24-,26?,27?,28-,29+/m0/s1. The van der Waals surface area contributed by atoms with Crippen LogP contribution in [-0.2, 0) is 23.9 Å². The van der Waals surface area contributed by atoms with Gasteiger partial charge in [-0.1, -0.05) is 62.4 Å². The van der Waals surface area contributed by atoms with E-state index < -0.39 is 42.2 Å². The van der Waals surface area contributed by atoms with E-state index in [1.807, 2.05) is 62.4 Å². The zero-order valence-corrected chi connectivity index (χ0v) is 22.2. The van der Waals surface area contributed by atoms with Gasteiger partial charge in [-0.25, -0.2) is 9.18 Å². The topological polar surface area (TPSA) is 92.8 Å². The normalized spacial score (nSPS) is 22.9. The second-order valence-corrected chi connectivity index (χ2v) is 11.1. The van der Waals surface area contributed by atoms with E-state index in [0.717, 1.165) is 27.2 Å². The van der Waals surface area contributed by atoms with Crippen LogP contribution in [0.5, 0.6) is 0 Å². The predicted molar refractivity (Wildman–Crippen MR) is 145 cm³/mol. The Bertz CT molecular complexity index is 1400. The van der Waals surface area contributed by atoms with Crippen molar-refractivity contribution in [2.24, 2.45) is 17.8 Å². The number of hydrogen-bond acceptors (Lipinski definition) is 5. The number of anilines is 1. The molecule has 3 aromatic carbocycles. The lowest BCUT2D eigenvalue weighted by Crippen LogP contribution is -2.47. The van der Waals surface area contributed by atoms with E-state index in [1.165, 1.54) is 24.3 Å². The van der Waals surface area contributed by atoms with Gasteiger partial charge in [0.15, 0.2) is 6.61 Å². The number of nitrogens with zero attached hydrogens (tertiary/aromatic N) is 1. The molecule has 0 unspecified atom stereocenters. The molecule has 2 bridgehead atoms. The van der Waals surface area contributed by atoms with E-state index in [4.69, 9.17) is 4.74 Å². The minimum atomic E-state index is -1.14. The lowest BCUT2D eigenvalue weighted by molar-refractivity contribution is -0.160. The average molecular weight is 541 g/mol. The van der Waals surface area contributed by atoms with E-state index >= 15 is 0 Å². The lowest BCUT2D eigenvalue weighted by atomic mass is 9.55. The zero-order valence-electron chi connectivity index (χ0n) is 22.2. The summed E-state index contributed by atoms with van der Waals surface area (Å²) in [5, 5.41) is 2.54. The van der Waals surface area contributed by atoms with Gasteiger partial charge in [0.05, 0.1) is 11.8 Å². The van der Waals surface area contributed by atoms with Crippen LogP contribution in [0.1, 0.15) is 54.4 Å². The van der Waals surface area contributed by atoms with Crippen molar-refractivity contribution in [3.63, 3.8) is 0 Å². The van der Waals surface area contributed by atoms with Gasteiger partial charge in [-0.2, -0.15) is 0 Å². The molecule has 4 aliphatic rings. The Morgan fingerprint density at radius 3 is 1.75 bits per heavy atom. The molecule has 204 valence electrons. The molecule has 0 spiro atoms. The Morgan fingerprint density at radius 2 is 1.30 bits per heavy atom. The SMILES string of the molecule is CC(C)C[C@@H](C(=O)OCC(=O)Nc1ccc(F)cc1)N1C(=O)[C@@H]2C3c4ccccc4C(c4ccccc43)[C@@H]2C1=O. The molecule has 1 heterocycles. The molecule has 0 radical (unpaired) electrons. The average Bonchev–Trinajstić information content (AvgIpc) is 3.21. The number of amides is 3. The second kappa shape index (κ2) is 10.0. The molecule has 0 aromatic heterocycles. The number of halogens is 1. The van der Waals surface area contributed by atoms with Gasteiger partial charge >= 0.3 is 5.97 Å². The van der Waals surface area contributed by atoms with Gasteiger partial charge in [0.1, 0.15) is 11.9 Å². The number of carbonyl (C=O) groups is 4. The summed E-state index contributed by atoms with van der Waals surface area (Å²) < 4.78 is 18.5. The number of ether oxygens (including phenoxy) is 1. The van der Waals surface area contributed by atoms with Crippen molar-refractivity contribution in [2.45, 2.75) is 38.1 Å². The second-order valence-electron chi connectivity index (χ2n) is 11.1. The van der Waals surface area contributed by atoms with Gasteiger partial charge in [-0.15, -0.1) is 0 Å². The van der Waals surface area contributed by atoms with Crippen molar-refractivity contribution in [3.05, 3.63) is 101 Å². The van der Waals surface area contributed by atoms with E-state index in [2.05, 4.69) is 5.32 Å². The molecule has 0 saturated carbocycles. The third-order valence-corrected chi connectivity index (χ3v) is 8.23. The molecule has 3 atom stereocenters. The summed E-state index contributed by atoms with van der Waals surface area (Å²) in [6.07, 6.45) is 0.213. The van der Waals surface area contributed by atoms with Gasteiger partial charge in [0.2, 0.25) is 11.8 Å². The molecule has 3 aliphatic carbocycles. The van der Waals surface area contributed by atoms with Crippen molar-refractivity contribution in [3.8, 4) is 0 Å². The monoisotopic (exact) mass is 540 g/mol. The first kappa shape index (κ1) is 25.9. The molecule has 7 nitrogen and oxygen atoms in total. The Labute approximate surface area is 231 Å². The third-order valence-electron chi connectivity index (χ3n) is 8.23. The summed E-state index contributed by atoms with van der Waals surface area (Å²) in [5.41, 5.74) is 4.56. The van der Waals surface area contributed by atoms with E-state index in [-0.39, 0.29) is 36.0 Å². The molecule has 3 amide bonds. The molecule has 8 heteroatoms. The Morgan fingerprint density at radius 1 is 0.825 bits per heavy atom. The third kappa shape index (κ3) is 4.18. The van der Waals surface area contributed by atoms with Crippen LogP contribution in [0.3, 0.4) is 0 Å². The lowest BCUT2D eigenvalue weighted by Gasteiger charge is -2.45. The van der Waals surface area contributed by atoms with Crippen molar-refractivity contribution < 1.29 is 28.3 Å². The Hall–Kier alpha value is -4.33. The van der Waals surface area contributed by atoms with Crippen LogP contribution in [0.4, 0.5) is 10.1 Å². The summed E-state index contributed by atoms with van der Waals surface area (Å²) in [6.45, 7) is 3.19. The number of benzene rings is 3. The highest BCUT2D eigenvalue weighted by atomic mass is 19.1. The summed E-state index contributed by atoms with van der Waals surface area (Å²) in [7, 11) is 0. The summed E-state index contributed by atoms with van der Waals surface area (Å²) in [6, 6.07) is 20.0. The predicted octanol–water partition coefficient (Wildman–Crippen LogP) is 4.61. The Balaban J connectivity index is 1.27. The number of rotatable bonds is 7. The molecule has 1 aliphatic heterocycles. The van der Waals surface area contributed by atoms with Crippen LogP contribution in [-0.4, -0.2) is 41.2 Å². The van der Waals surface area contributed by atoms with Crippen molar-refractivity contribution >= 4 is 29.4 Å². The molecular weight excluding hydrogens is 511 g/mol. The van der Waals surface area contributed by atoms with Crippen LogP contribution in [0.25, 0.3) is 0 Å². The highest BCUT2D eigenvalue weighted by Crippen LogP contribution is 2.61. The fourth-order valence-corrected chi connectivity index (χ4v) is 6.72. The minimum absolute atomic E-state index is 0.0278. The number of likely N-dealkylation sites (tertiary alicyclic amines) is 1. The first-order valence-corrected chi connectivity index (χ1v) is 13.5. The van der Waals surface area contributed by atoms with Gasteiger partial charge in [-0.05, 0) is 58.9 Å². The number of imide groups is 1. The molecule has 40 heavy (non-hydrogen) atoms. The Kier molecular flexibility index (Phi) is 6.49. The fourth-order valence-electron chi connectivity index (χ4n) is 6.72. The van der Waals surface area contributed by atoms with Gasteiger partial charge in [0, 0.05) is 17.5 Å². The maximum absolute atomic E-state index is 14.1. The molecule has 7 rings (SSSR count). The van der Waals surface area contributed by atoms with Crippen molar-refractivity contribution in [1.82, 2.24) is 4.90 Å². The van der Waals surface area contributed by atoms with Gasteiger partial charge in [0.25, 0.3) is 5.91 Å². The van der Waals surface area contributed by atoms with Crippen LogP contribution in [0.15, 0.2) is 72.8 Å². The van der Waals surface area contributed by atoms with E-state index in [1.54, 1.807) is 0 Å².